The maximum Gasteiger partial charge on any atom is 0.236 e. The summed E-state index contributed by atoms with van der Waals surface area (Å²) >= 11 is 0. The number of rotatable bonds is 5. The van der Waals surface area contributed by atoms with Gasteiger partial charge in [0.25, 0.3) is 0 Å². The second-order valence-corrected chi connectivity index (χ2v) is 7.28. The van der Waals surface area contributed by atoms with E-state index >= 15 is 0 Å². The van der Waals surface area contributed by atoms with E-state index in [4.69, 9.17) is 9.47 Å². The highest BCUT2D eigenvalue weighted by Gasteiger charge is 2.28. The predicted octanol–water partition coefficient (Wildman–Crippen LogP) is 1.81. The first-order valence-electron chi connectivity index (χ1n) is 9.29. The molecule has 2 aliphatic heterocycles. The van der Waals surface area contributed by atoms with E-state index in [0.717, 1.165) is 25.9 Å². The van der Waals surface area contributed by atoms with Crippen LogP contribution in [0.4, 0.5) is 0 Å². The Morgan fingerprint density at radius 1 is 1.28 bits per heavy atom. The molecule has 3 atom stereocenters. The number of piperidine rings is 1. The summed E-state index contributed by atoms with van der Waals surface area (Å²) in [5.41, 5.74) is 0. The van der Waals surface area contributed by atoms with Gasteiger partial charge < -0.3 is 14.4 Å². The minimum Gasteiger partial charge on any atom is -0.477 e. The SMILES string of the molecule is CC1CN(C(=O)CN2CCCC(COc3ccccn3)C2)CC(C)O1. The van der Waals surface area contributed by atoms with E-state index in [0.29, 0.717) is 38.0 Å². The Labute approximate surface area is 150 Å². The second-order valence-electron chi connectivity index (χ2n) is 7.28. The molecule has 0 N–H and O–H groups in total. The van der Waals surface area contributed by atoms with Gasteiger partial charge in [0.05, 0.1) is 25.4 Å². The van der Waals surface area contributed by atoms with Gasteiger partial charge in [-0.3, -0.25) is 9.69 Å². The molecule has 1 aromatic heterocycles. The summed E-state index contributed by atoms with van der Waals surface area (Å²) in [4.78, 5) is 21.0. The molecule has 138 valence electrons. The highest BCUT2D eigenvalue weighted by atomic mass is 16.5. The lowest BCUT2D eigenvalue weighted by atomic mass is 9.99. The standard InChI is InChI=1S/C19H29N3O3/c1-15-10-22(11-16(2)25-15)19(23)13-21-9-5-6-17(12-21)14-24-18-7-3-4-8-20-18/h3-4,7-8,15-17H,5-6,9-14H2,1-2H3. The zero-order chi connectivity index (χ0) is 17.6. The van der Waals surface area contributed by atoms with Crippen LogP contribution in [0.25, 0.3) is 0 Å². The van der Waals surface area contributed by atoms with Crippen molar-refractivity contribution in [1.29, 1.82) is 0 Å². The minimum atomic E-state index is 0.119. The second kappa shape index (κ2) is 8.63. The molecule has 0 radical (unpaired) electrons. The summed E-state index contributed by atoms with van der Waals surface area (Å²) < 4.78 is 11.5. The van der Waals surface area contributed by atoms with Crippen molar-refractivity contribution in [1.82, 2.24) is 14.8 Å². The Kier molecular flexibility index (Phi) is 6.26. The van der Waals surface area contributed by atoms with Crippen LogP contribution in [0.5, 0.6) is 5.88 Å². The van der Waals surface area contributed by atoms with Crippen LogP contribution in [-0.4, -0.2) is 72.2 Å². The highest BCUT2D eigenvalue weighted by molar-refractivity contribution is 5.78. The Hall–Kier alpha value is -1.66. The quantitative estimate of drug-likeness (QED) is 0.813. The summed E-state index contributed by atoms with van der Waals surface area (Å²) in [5, 5.41) is 0. The fraction of sp³-hybridized carbons (Fsp3) is 0.684. The molecular formula is C19H29N3O3. The average molecular weight is 347 g/mol. The zero-order valence-corrected chi connectivity index (χ0v) is 15.3. The van der Waals surface area contributed by atoms with Gasteiger partial charge in [0.2, 0.25) is 11.8 Å². The van der Waals surface area contributed by atoms with E-state index in [1.54, 1.807) is 6.20 Å². The molecule has 0 aliphatic carbocycles. The third kappa shape index (κ3) is 5.41. The third-order valence-electron chi connectivity index (χ3n) is 4.84. The highest BCUT2D eigenvalue weighted by Crippen LogP contribution is 2.18. The van der Waals surface area contributed by atoms with E-state index in [-0.39, 0.29) is 18.1 Å². The van der Waals surface area contributed by atoms with E-state index in [1.807, 2.05) is 36.9 Å². The van der Waals surface area contributed by atoms with Gasteiger partial charge in [-0.25, -0.2) is 4.98 Å². The van der Waals surface area contributed by atoms with Crippen LogP contribution in [0.15, 0.2) is 24.4 Å². The first-order valence-corrected chi connectivity index (χ1v) is 9.29. The van der Waals surface area contributed by atoms with Crippen LogP contribution in [0.3, 0.4) is 0 Å². The number of ether oxygens (including phenoxy) is 2. The molecule has 3 heterocycles. The van der Waals surface area contributed by atoms with Gasteiger partial charge in [-0.15, -0.1) is 0 Å². The summed E-state index contributed by atoms with van der Waals surface area (Å²) in [7, 11) is 0. The first-order chi connectivity index (χ1) is 12.1. The van der Waals surface area contributed by atoms with E-state index in [9.17, 15) is 4.79 Å². The van der Waals surface area contributed by atoms with E-state index in [1.165, 1.54) is 0 Å². The van der Waals surface area contributed by atoms with Crippen molar-refractivity contribution in [3.05, 3.63) is 24.4 Å². The number of carbonyl (C=O) groups excluding carboxylic acids is 1. The average Bonchev–Trinajstić information content (AvgIpc) is 2.60. The smallest absolute Gasteiger partial charge is 0.236 e. The Morgan fingerprint density at radius 2 is 2.08 bits per heavy atom. The van der Waals surface area contributed by atoms with Crippen LogP contribution < -0.4 is 4.74 Å². The van der Waals surface area contributed by atoms with Crippen LogP contribution >= 0.6 is 0 Å². The van der Waals surface area contributed by atoms with Crippen molar-refractivity contribution < 1.29 is 14.3 Å². The number of nitrogens with zero attached hydrogens (tertiary/aromatic N) is 3. The van der Waals surface area contributed by atoms with Crippen LogP contribution in [0.1, 0.15) is 26.7 Å². The number of likely N-dealkylation sites (tertiary alicyclic amines) is 1. The Morgan fingerprint density at radius 3 is 2.80 bits per heavy atom. The lowest BCUT2D eigenvalue weighted by molar-refractivity contribution is -0.144. The molecule has 3 unspecified atom stereocenters. The summed E-state index contributed by atoms with van der Waals surface area (Å²) in [5.74, 6) is 1.34. The van der Waals surface area contributed by atoms with Crippen LogP contribution in [0.2, 0.25) is 0 Å². The number of morpholine rings is 1. The molecule has 0 saturated carbocycles. The Bertz CT molecular complexity index is 544. The molecule has 3 rings (SSSR count). The number of pyridine rings is 1. The van der Waals surface area contributed by atoms with Gasteiger partial charge in [0.15, 0.2) is 0 Å². The van der Waals surface area contributed by atoms with Gasteiger partial charge in [0.1, 0.15) is 0 Å². The van der Waals surface area contributed by atoms with E-state index in [2.05, 4.69) is 9.88 Å². The fourth-order valence-corrected chi connectivity index (χ4v) is 3.74. The molecule has 0 spiro atoms. The number of carbonyl (C=O) groups is 1. The molecule has 25 heavy (non-hydrogen) atoms. The molecular weight excluding hydrogens is 318 g/mol. The molecule has 2 fully saturated rings. The van der Waals surface area contributed by atoms with Crippen molar-refractivity contribution in [2.24, 2.45) is 5.92 Å². The lowest BCUT2D eigenvalue weighted by Crippen LogP contribution is -2.52. The van der Waals surface area contributed by atoms with Gasteiger partial charge in [-0.2, -0.15) is 0 Å². The van der Waals surface area contributed by atoms with Gasteiger partial charge in [-0.05, 0) is 39.3 Å². The summed E-state index contributed by atoms with van der Waals surface area (Å²) in [6.45, 7) is 8.51. The molecule has 0 bridgehead atoms. The topological polar surface area (TPSA) is 54.9 Å². The van der Waals surface area contributed by atoms with E-state index < -0.39 is 0 Å². The molecule has 6 heteroatoms. The number of aromatic nitrogens is 1. The van der Waals surface area contributed by atoms with Crippen LogP contribution in [0, 0.1) is 5.92 Å². The van der Waals surface area contributed by atoms with Crippen molar-refractivity contribution in [2.45, 2.75) is 38.9 Å². The zero-order valence-electron chi connectivity index (χ0n) is 15.3. The molecule has 2 aliphatic rings. The molecule has 1 aromatic rings. The van der Waals surface area contributed by atoms with Crippen molar-refractivity contribution in [3.63, 3.8) is 0 Å². The van der Waals surface area contributed by atoms with Gasteiger partial charge in [0, 0.05) is 37.8 Å². The van der Waals surface area contributed by atoms with Crippen LogP contribution in [-0.2, 0) is 9.53 Å². The van der Waals surface area contributed by atoms with Crippen molar-refractivity contribution in [3.8, 4) is 5.88 Å². The lowest BCUT2D eigenvalue weighted by Gasteiger charge is -2.38. The number of amides is 1. The van der Waals surface area contributed by atoms with Crippen molar-refractivity contribution >= 4 is 5.91 Å². The molecule has 2 saturated heterocycles. The third-order valence-corrected chi connectivity index (χ3v) is 4.84. The number of hydrogen-bond donors (Lipinski definition) is 0. The predicted molar refractivity (Wildman–Crippen MR) is 95.5 cm³/mol. The summed E-state index contributed by atoms with van der Waals surface area (Å²) in [6.07, 6.45) is 4.23. The minimum absolute atomic E-state index is 0.119. The molecule has 6 nitrogen and oxygen atoms in total. The largest absolute Gasteiger partial charge is 0.477 e. The van der Waals surface area contributed by atoms with Crippen molar-refractivity contribution in [2.75, 3.05) is 39.3 Å². The maximum atomic E-state index is 12.6. The van der Waals surface area contributed by atoms with Gasteiger partial charge in [-0.1, -0.05) is 6.07 Å². The monoisotopic (exact) mass is 347 g/mol. The first kappa shape index (κ1) is 18.1. The molecule has 0 aromatic carbocycles. The van der Waals surface area contributed by atoms with Gasteiger partial charge >= 0.3 is 0 Å². The molecule has 1 amide bonds. The maximum absolute atomic E-state index is 12.6. The number of hydrogen-bond acceptors (Lipinski definition) is 5. The summed E-state index contributed by atoms with van der Waals surface area (Å²) in [6, 6.07) is 5.69. The Balaban J connectivity index is 1.45. The fourth-order valence-electron chi connectivity index (χ4n) is 3.74. The normalized spacial score (nSPS) is 27.9.